The van der Waals surface area contributed by atoms with E-state index in [-0.39, 0.29) is 24.8 Å². The zero-order valence-corrected chi connectivity index (χ0v) is 12.3. The third-order valence-electron chi connectivity index (χ3n) is 2.80. The Hall–Kier alpha value is -0.330. The fourth-order valence-corrected chi connectivity index (χ4v) is 1.86. The molecule has 1 aliphatic heterocycles. The molecule has 1 N–H and O–H groups in total. The molecule has 0 aromatic carbocycles. The van der Waals surface area contributed by atoms with E-state index in [4.69, 9.17) is 4.74 Å². The summed E-state index contributed by atoms with van der Waals surface area (Å²) < 4.78 is 7.14. The molecule has 106 valence electrons. The molecule has 1 aliphatic rings. The van der Waals surface area contributed by atoms with Crippen LogP contribution >= 0.6 is 24.8 Å². The number of nitrogens with zero attached hydrogens (tertiary/aromatic N) is 3. The van der Waals surface area contributed by atoms with Gasteiger partial charge in [-0.25, -0.2) is 0 Å². The second-order valence-corrected chi connectivity index (χ2v) is 4.15. The largest absolute Gasteiger partial charge is 0.379 e. The van der Waals surface area contributed by atoms with E-state index in [1.54, 1.807) is 0 Å². The van der Waals surface area contributed by atoms with Crippen LogP contribution in [-0.2, 0) is 18.3 Å². The Morgan fingerprint density at radius 1 is 1.33 bits per heavy atom. The monoisotopic (exact) mass is 296 g/mol. The smallest absolute Gasteiger partial charge is 0.0594 e. The van der Waals surface area contributed by atoms with Crippen molar-refractivity contribution in [3.63, 3.8) is 0 Å². The first-order valence-electron chi connectivity index (χ1n) is 5.83. The van der Waals surface area contributed by atoms with Crippen molar-refractivity contribution in [2.45, 2.75) is 6.54 Å². The van der Waals surface area contributed by atoms with E-state index in [9.17, 15) is 0 Å². The number of hydrogen-bond acceptors (Lipinski definition) is 4. The molecule has 2 heterocycles. The molecule has 18 heavy (non-hydrogen) atoms. The summed E-state index contributed by atoms with van der Waals surface area (Å²) in [6.07, 6.45) is 3.95. The number of halogens is 2. The highest BCUT2D eigenvalue weighted by Gasteiger charge is 2.08. The second-order valence-electron chi connectivity index (χ2n) is 4.15. The van der Waals surface area contributed by atoms with Crippen LogP contribution in [0.1, 0.15) is 5.56 Å². The highest BCUT2D eigenvalue weighted by molar-refractivity contribution is 5.85. The molecule has 0 amide bonds. The zero-order chi connectivity index (χ0) is 11.2. The number of morpholine rings is 1. The second kappa shape index (κ2) is 9.58. The van der Waals surface area contributed by atoms with E-state index in [0.29, 0.717) is 0 Å². The maximum atomic E-state index is 5.30. The minimum atomic E-state index is 0. The lowest BCUT2D eigenvalue weighted by molar-refractivity contribution is 0.0384. The fourth-order valence-electron chi connectivity index (χ4n) is 1.86. The summed E-state index contributed by atoms with van der Waals surface area (Å²) in [6.45, 7) is 6.91. The van der Waals surface area contributed by atoms with Gasteiger partial charge in [-0.05, 0) is 0 Å². The summed E-state index contributed by atoms with van der Waals surface area (Å²) in [5, 5.41) is 7.56. The van der Waals surface area contributed by atoms with Crippen LogP contribution in [0.25, 0.3) is 0 Å². The number of aryl methyl sites for hydroxylation is 1. The van der Waals surface area contributed by atoms with Gasteiger partial charge < -0.3 is 10.1 Å². The number of ether oxygens (including phenoxy) is 1. The SMILES string of the molecule is Cl.Cl.Cn1cc(CNCCN2CCOCC2)cn1. The van der Waals surface area contributed by atoms with Crippen LogP contribution in [0.3, 0.4) is 0 Å². The maximum Gasteiger partial charge on any atom is 0.0594 e. The number of hydrogen-bond donors (Lipinski definition) is 1. The molecule has 0 atom stereocenters. The van der Waals surface area contributed by atoms with Crippen LogP contribution in [0, 0.1) is 0 Å². The lowest BCUT2D eigenvalue weighted by Gasteiger charge is -2.26. The van der Waals surface area contributed by atoms with Crippen molar-refractivity contribution >= 4 is 24.8 Å². The van der Waals surface area contributed by atoms with Crippen LogP contribution in [0.5, 0.6) is 0 Å². The summed E-state index contributed by atoms with van der Waals surface area (Å²) in [6, 6.07) is 0. The molecule has 0 radical (unpaired) electrons. The van der Waals surface area contributed by atoms with Gasteiger partial charge >= 0.3 is 0 Å². The van der Waals surface area contributed by atoms with Crippen molar-refractivity contribution in [3.8, 4) is 0 Å². The summed E-state index contributed by atoms with van der Waals surface area (Å²) in [5.41, 5.74) is 1.24. The Morgan fingerprint density at radius 2 is 2.06 bits per heavy atom. The van der Waals surface area contributed by atoms with E-state index in [0.717, 1.165) is 45.9 Å². The first kappa shape index (κ1) is 17.7. The molecule has 0 saturated carbocycles. The van der Waals surface area contributed by atoms with E-state index < -0.39 is 0 Å². The van der Waals surface area contributed by atoms with Gasteiger partial charge in [-0.1, -0.05) is 0 Å². The van der Waals surface area contributed by atoms with Gasteiger partial charge in [-0.2, -0.15) is 5.10 Å². The predicted molar refractivity (Wildman–Crippen MR) is 76.7 cm³/mol. The molecule has 0 spiro atoms. The summed E-state index contributed by atoms with van der Waals surface area (Å²) >= 11 is 0. The van der Waals surface area contributed by atoms with Gasteiger partial charge in [-0.15, -0.1) is 24.8 Å². The molecule has 7 heteroatoms. The summed E-state index contributed by atoms with van der Waals surface area (Å²) in [5.74, 6) is 0. The first-order valence-corrected chi connectivity index (χ1v) is 5.83. The molecule has 2 rings (SSSR count). The van der Waals surface area contributed by atoms with E-state index in [2.05, 4.69) is 15.3 Å². The molecule has 0 bridgehead atoms. The predicted octanol–water partition coefficient (Wildman–Crippen LogP) is 0.685. The van der Waals surface area contributed by atoms with Gasteiger partial charge in [0.2, 0.25) is 0 Å². The Labute approximate surface area is 121 Å². The normalized spacial score (nSPS) is 15.8. The van der Waals surface area contributed by atoms with Gasteiger partial charge in [0.1, 0.15) is 0 Å². The van der Waals surface area contributed by atoms with Gasteiger partial charge in [0.05, 0.1) is 19.4 Å². The molecule has 1 saturated heterocycles. The highest BCUT2D eigenvalue weighted by atomic mass is 35.5. The van der Waals surface area contributed by atoms with Crippen molar-refractivity contribution in [1.82, 2.24) is 20.0 Å². The lowest BCUT2D eigenvalue weighted by atomic mass is 10.3. The fraction of sp³-hybridized carbons (Fsp3) is 0.727. The van der Waals surface area contributed by atoms with Crippen molar-refractivity contribution in [1.29, 1.82) is 0 Å². The van der Waals surface area contributed by atoms with Gasteiger partial charge in [0.15, 0.2) is 0 Å². The van der Waals surface area contributed by atoms with Crippen LogP contribution in [0.15, 0.2) is 12.4 Å². The summed E-state index contributed by atoms with van der Waals surface area (Å²) in [7, 11) is 1.94. The zero-order valence-electron chi connectivity index (χ0n) is 10.7. The maximum absolute atomic E-state index is 5.30. The Balaban J connectivity index is 0.00000144. The minimum absolute atomic E-state index is 0. The molecule has 1 aromatic heterocycles. The van der Waals surface area contributed by atoms with Crippen molar-refractivity contribution in [2.75, 3.05) is 39.4 Å². The Bertz CT molecular complexity index is 316. The molecule has 1 aromatic rings. The molecule has 0 unspecified atom stereocenters. The van der Waals surface area contributed by atoms with Crippen LogP contribution in [0.4, 0.5) is 0 Å². The standard InChI is InChI=1S/C11H20N4O.2ClH/c1-14-10-11(9-13-14)8-12-2-3-15-4-6-16-7-5-15;;/h9-10,12H,2-8H2,1H3;2*1H. The van der Waals surface area contributed by atoms with Crippen molar-refractivity contribution in [3.05, 3.63) is 18.0 Å². The van der Waals surface area contributed by atoms with Gasteiger partial charge in [-0.3, -0.25) is 9.58 Å². The van der Waals surface area contributed by atoms with Crippen molar-refractivity contribution < 1.29 is 4.74 Å². The Morgan fingerprint density at radius 3 is 2.67 bits per heavy atom. The third-order valence-corrected chi connectivity index (χ3v) is 2.80. The molecular formula is C11H22Cl2N4O. The highest BCUT2D eigenvalue weighted by Crippen LogP contribution is 1.96. The topological polar surface area (TPSA) is 42.3 Å². The average molecular weight is 297 g/mol. The quantitative estimate of drug-likeness (QED) is 0.812. The number of rotatable bonds is 5. The Kier molecular flexibility index (Phi) is 9.40. The van der Waals surface area contributed by atoms with E-state index in [1.165, 1.54) is 5.56 Å². The molecule has 1 fully saturated rings. The molecule has 0 aliphatic carbocycles. The van der Waals surface area contributed by atoms with Gasteiger partial charge in [0, 0.05) is 51.5 Å². The average Bonchev–Trinajstić information content (AvgIpc) is 2.72. The van der Waals surface area contributed by atoms with Crippen LogP contribution < -0.4 is 5.32 Å². The van der Waals surface area contributed by atoms with Crippen molar-refractivity contribution in [2.24, 2.45) is 7.05 Å². The molecule has 5 nitrogen and oxygen atoms in total. The first-order chi connectivity index (χ1) is 7.84. The number of nitrogens with one attached hydrogen (secondary N) is 1. The lowest BCUT2D eigenvalue weighted by Crippen LogP contribution is -2.40. The van der Waals surface area contributed by atoms with Gasteiger partial charge in [0.25, 0.3) is 0 Å². The van der Waals surface area contributed by atoms with Crippen LogP contribution in [0.2, 0.25) is 0 Å². The minimum Gasteiger partial charge on any atom is -0.379 e. The van der Waals surface area contributed by atoms with E-state index in [1.807, 2.05) is 24.1 Å². The van der Waals surface area contributed by atoms with E-state index >= 15 is 0 Å². The van der Waals surface area contributed by atoms with Crippen LogP contribution in [-0.4, -0.2) is 54.1 Å². The third kappa shape index (κ3) is 6.02. The molecular weight excluding hydrogens is 275 g/mol. The summed E-state index contributed by atoms with van der Waals surface area (Å²) in [4.78, 5) is 2.43. The number of aromatic nitrogens is 2.